The van der Waals surface area contributed by atoms with Crippen LogP contribution < -0.4 is 15.4 Å². The molecule has 2 aliphatic rings. The van der Waals surface area contributed by atoms with Crippen LogP contribution in [0.2, 0.25) is 0 Å². The number of hydrogen-bond acceptors (Lipinski definition) is 9. The number of halogens is 3. The highest BCUT2D eigenvalue weighted by Crippen LogP contribution is 2.49. The van der Waals surface area contributed by atoms with Crippen molar-refractivity contribution in [2.45, 2.75) is 41.4 Å². The molecule has 3 aromatic rings. The predicted molar refractivity (Wildman–Crippen MR) is 142 cm³/mol. The molecule has 5 rings (SSSR count). The van der Waals surface area contributed by atoms with Crippen LogP contribution in [0.15, 0.2) is 75.5 Å². The van der Waals surface area contributed by atoms with Gasteiger partial charge in [-0.15, -0.1) is 10.2 Å². The first-order valence-corrected chi connectivity index (χ1v) is 13.7. The van der Waals surface area contributed by atoms with Gasteiger partial charge in [0.2, 0.25) is 5.13 Å². The van der Waals surface area contributed by atoms with Crippen LogP contribution in [0.1, 0.15) is 41.9 Å². The van der Waals surface area contributed by atoms with Crippen molar-refractivity contribution in [3.05, 3.63) is 87.9 Å². The number of nitrogens with zero attached hydrogens (tertiary/aromatic N) is 4. The van der Waals surface area contributed by atoms with E-state index in [9.17, 15) is 23.2 Å². The standard InChI is InChI=1S/C27H22F3N5O2S2/c1-37-21-11-3-2-8-17(21)22-18(13-31)24(32)35(19-9-5-10-20(36)23(19)22)25-33-34-26(39-25)38-14-15-6-4-7-16(12-15)27(28,29)30/h2-4,6-8,11-12,22H,5,9-10,14,32H2,1H3/t22-/m0/s1. The Morgan fingerprint density at radius 1 is 1.21 bits per heavy atom. The first-order valence-electron chi connectivity index (χ1n) is 11.9. The molecule has 2 aromatic carbocycles. The van der Waals surface area contributed by atoms with E-state index in [1.807, 2.05) is 18.2 Å². The monoisotopic (exact) mass is 569 g/mol. The minimum absolute atomic E-state index is 0.0685. The fourth-order valence-electron chi connectivity index (χ4n) is 4.85. The molecule has 2 N–H and O–H groups in total. The maximum Gasteiger partial charge on any atom is 0.416 e. The number of rotatable bonds is 6. The smallest absolute Gasteiger partial charge is 0.416 e. The van der Waals surface area contributed by atoms with E-state index in [1.54, 1.807) is 17.0 Å². The maximum atomic E-state index is 13.3. The number of thioether (sulfide) groups is 1. The first kappa shape index (κ1) is 26.8. The second-order valence-corrected chi connectivity index (χ2v) is 11.1. The molecule has 12 heteroatoms. The third-order valence-corrected chi connectivity index (χ3v) is 8.68. The summed E-state index contributed by atoms with van der Waals surface area (Å²) in [6.07, 6.45) is -2.89. The first-order chi connectivity index (χ1) is 18.7. The Morgan fingerprint density at radius 2 is 2.00 bits per heavy atom. The molecule has 7 nitrogen and oxygen atoms in total. The minimum atomic E-state index is -4.42. The summed E-state index contributed by atoms with van der Waals surface area (Å²) in [6.45, 7) is 0. The van der Waals surface area contributed by atoms with Gasteiger partial charge in [0, 0.05) is 29.0 Å². The van der Waals surface area contributed by atoms with E-state index in [4.69, 9.17) is 10.5 Å². The highest BCUT2D eigenvalue weighted by molar-refractivity contribution is 8.00. The Balaban J connectivity index is 1.50. The van der Waals surface area contributed by atoms with Crippen LogP contribution in [0.5, 0.6) is 5.75 Å². The van der Waals surface area contributed by atoms with Crippen LogP contribution in [0.3, 0.4) is 0 Å². The van der Waals surface area contributed by atoms with Crippen molar-refractivity contribution < 1.29 is 22.7 Å². The van der Waals surface area contributed by atoms with Gasteiger partial charge in [0.25, 0.3) is 0 Å². The van der Waals surface area contributed by atoms with Crippen molar-refractivity contribution in [3.63, 3.8) is 0 Å². The number of aromatic nitrogens is 2. The van der Waals surface area contributed by atoms with E-state index in [0.29, 0.717) is 56.9 Å². The highest BCUT2D eigenvalue weighted by atomic mass is 32.2. The molecule has 0 bridgehead atoms. The average Bonchev–Trinajstić information content (AvgIpc) is 3.39. The van der Waals surface area contributed by atoms with E-state index in [1.165, 1.54) is 36.3 Å². The summed E-state index contributed by atoms with van der Waals surface area (Å²) in [4.78, 5) is 14.9. The van der Waals surface area contributed by atoms with Crippen molar-refractivity contribution in [2.24, 2.45) is 5.73 Å². The number of allylic oxidation sites excluding steroid dienone is 3. The molecule has 0 saturated heterocycles. The normalized spacial score (nSPS) is 17.8. The number of carbonyl (C=O) groups excluding carboxylic acids is 1. The zero-order valence-electron chi connectivity index (χ0n) is 20.7. The van der Waals surface area contributed by atoms with Crippen molar-refractivity contribution in [1.82, 2.24) is 10.2 Å². The fourth-order valence-corrected chi connectivity index (χ4v) is 6.68. The van der Waals surface area contributed by atoms with Gasteiger partial charge in [-0.2, -0.15) is 18.4 Å². The number of alkyl halides is 3. The van der Waals surface area contributed by atoms with E-state index in [-0.39, 0.29) is 22.9 Å². The molecular formula is C27H22F3N5O2S2. The molecule has 39 heavy (non-hydrogen) atoms. The second kappa shape index (κ2) is 10.7. The molecule has 2 heterocycles. The Morgan fingerprint density at radius 3 is 2.74 bits per heavy atom. The van der Waals surface area contributed by atoms with Gasteiger partial charge in [-0.05, 0) is 30.5 Å². The highest BCUT2D eigenvalue weighted by Gasteiger charge is 2.42. The number of ether oxygens (including phenoxy) is 1. The van der Waals surface area contributed by atoms with Crippen molar-refractivity contribution >= 4 is 34.0 Å². The van der Waals surface area contributed by atoms with Gasteiger partial charge in [0.05, 0.1) is 30.2 Å². The number of nitrogens with two attached hydrogens (primary N) is 1. The second-order valence-electron chi connectivity index (χ2n) is 8.90. The van der Waals surface area contributed by atoms with Gasteiger partial charge >= 0.3 is 6.18 Å². The van der Waals surface area contributed by atoms with Gasteiger partial charge in [-0.25, -0.2) is 0 Å². The van der Waals surface area contributed by atoms with Gasteiger partial charge in [-0.1, -0.05) is 59.5 Å². The van der Waals surface area contributed by atoms with E-state index < -0.39 is 17.7 Å². The number of anilines is 1. The van der Waals surface area contributed by atoms with Gasteiger partial charge < -0.3 is 10.5 Å². The summed E-state index contributed by atoms with van der Waals surface area (Å²) in [5.74, 6) is 0.225. The Hall–Kier alpha value is -3.82. The van der Waals surface area contributed by atoms with Crippen LogP contribution >= 0.6 is 23.1 Å². The molecule has 200 valence electrons. The van der Waals surface area contributed by atoms with Crippen molar-refractivity contribution in [2.75, 3.05) is 12.0 Å². The Kier molecular flexibility index (Phi) is 7.38. The molecule has 1 aromatic heterocycles. The summed E-state index contributed by atoms with van der Waals surface area (Å²) in [6, 6.07) is 14.6. The molecule has 0 radical (unpaired) electrons. The lowest BCUT2D eigenvalue weighted by atomic mass is 9.75. The lowest BCUT2D eigenvalue weighted by Gasteiger charge is -2.38. The molecule has 0 unspecified atom stereocenters. The SMILES string of the molecule is COc1ccccc1[C@H]1C(C#N)=C(N)N(c2nnc(SCc3cccc(C(F)(F)F)c3)s2)C2=C1C(=O)CCC2. The quantitative estimate of drug-likeness (QED) is 0.352. The third-order valence-electron chi connectivity index (χ3n) is 6.57. The zero-order valence-corrected chi connectivity index (χ0v) is 22.3. The van der Waals surface area contributed by atoms with Crippen LogP contribution in [-0.2, 0) is 16.7 Å². The number of methoxy groups -OCH3 is 1. The van der Waals surface area contributed by atoms with Crippen LogP contribution in [-0.4, -0.2) is 23.1 Å². The van der Waals surface area contributed by atoms with Gasteiger partial charge in [0.15, 0.2) is 10.1 Å². The zero-order chi connectivity index (χ0) is 27.7. The summed E-state index contributed by atoms with van der Waals surface area (Å²) in [7, 11) is 1.53. The lowest BCUT2D eigenvalue weighted by Crippen LogP contribution is -2.38. The number of hydrogen-bond donors (Lipinski definition) is 1. The topological polar surface area (TPSA) is 105 Å². The van der Waals surface area contributed by atoms with E-state index in [2.05, 4.69) is 16.3 Å². The molecule has 0 amide bonds. The molecule has 1 aliphatic carbocycles. The Bertz CT molecular complexity index is 1540. The van der Waals surface area contributed by atoms with Crippen LogP contribution in [0, 0.1) is 11.3 Å². The van der Waals surface area contributed by atoms with Crippen molar-refractivity contribution in [1.29, 1.82) is 5.26 Å². The Labute approximate surface area is 230 Å². The predicted octanol–water partition coefficient (Wildman–Crippen LogP) is 6.16. The maximum absolute atomic E-state index is 13.3. The summed E-state index contributed by atoms with van der Waals surface area (Å²) in [5, 5.41) is 19.0. The lowest BCUT2D eigenvalue weighted by molar-refractivity contribution is -0.137. The van der Waals surface area contributed by atoms with Crippen LogP contribution in [0.4, 0.5) is 18.3 Å². The third kappa shape index (κ3) is 5.12. The fraction of sp³-hybridized carbons (Fsp3) is 0.259. The number of carbonyl (C=O) groups is 1. The average molecular weight is 570 g/mol. The number of para-hydroxylation sites is 1. The number of Topliss-reactive ketones (excluding diaryl/α,β-unsaturated/α-hetero) is 1. The number of nitriles is 1. The van der Waals surface area contributed by atoms with Crippen LogP contribution in [0.25, 0.3) is 0 Å². The van der Waals surface area contributed by atoms with Gasteiger partial charge in [0.1, 0.15) is 11.6 Å². The largest absolute Gasteiger partial charge is 0.496 e. The van der Waals surface area contributed by atoms with E-state index >= 15 is 0 Å². The summed E-state index contributed by atoms with van der Waals surface area (Å²) in [5.41, 5.74) is 8.43. The number of benzene rings is 2. The number of ketones is 1. The molecule has 1 atom stereocenters. The molecule has 1 aliphatic heterocycles. The van der Waals surface area contributed by atoms with Crippen molar-refractivity contribution in [3.8, 4) is 11.8 Å². The minimum Gasteiger partial charge on any atom is -0.496 e. The summed E-state index contributed by atoms with van der Waals surface area (Å²) < 4.78 is 45.3. The molecule has 0 saturated carbocycles. The molecular weight excluding hydrogens is 547 g/mol. The molecule has 0 spiro atoms. The van der Waals surface area contributed by atoms with E-state index in [0.717, 1.165) is 12.1 Å². The van der Waals surface area contributed by atoms with Gasteiger partial charge in [-0.3, -0.25) is 9.69 Å². The summed E-state index contributed by atoms with van der Waals surface area (Å²) >= 11 is 2.44. The molecule has 0 fully saturated rings.